The number of aromatic hydroxyl groups is 2. The van der Waals surface area contributed by atoms with E-state index in [2.05, 4.69) is 10.6 Å². The van der Waals surface area contributed by atoms with Crippen molar-refractivity contribution < 1.29 is 68.4 Å². The van der Waals surface area contributed by atoms with Crippen molar-refractivity contribution >= 4 is 83.0 Å². The van der Waals surface area contributed by atoms with Gasteiger partial charge in [0.15, 0.2) is 0 Å². The van der Waals surface area contributed by atoms with E-state index in [1.165, 1.54) is 48.5 Å². The van der Waals surface area contributed by atoms with Crippen molar-refractivity contribution in [1.82, 2.24) is 30.2 Å². The summed E-state index contributed by atoms with van der Waals surface area (Å²) in [6.07, 6.45) is 1.99. The van der Waals surface area contributed by atoms with Crippen LogP contribution in [0.5, 0.6) is 11.5 Å². The number of aliphatic carboxylic acids is 2. The van der Waals surface area contributed by atoms with E-state index in [1.807, 2.05) is 0 Å². The predicted octanol–water partition coefficient (Wildman–Crippen LogP) is 2.08. The van der Waals surface area contributed by atoms with E-state index < -0.39 is 116 Å². The summed E-state index contributed by atoms with van der Waals surface area (Å²) in [5.74, 6) is -7.79. The molecule has 8 atom stereocenters. The second-order valence-electron chi connectivity index (χ2n) is 18.0. The van der Waals surface area contributed by atoms with Gasteiger partial charge in [-0.25, -0.2) is 19.2 Å². The highest BCUT2D eigenvalue weighted by Crippen LogP contribution is 2.54. The summed E-state index contributed by atoms with van der Waals surface area (Å²) in [7, 11) is 0. The average Bonchev–Trinajstić information content (AvgIpc) is 3.67. The Bertz CT molecular complexity index is 2220. The van der Waals surface area contributed by atoms with Crippen LogP contribution in [0.15, 0.2) is 48.5 Å². The number of rotatable bonds is 19. The molecule has 4 heterocycles. The Balaban J connectivity index is 1.11. The fourth-order valence-electron chi connectivity index (χ4n) is 9.26. The molecule has 10 N–H and O–H groups in total. The number of carbonyl (C=O) groups is 10. The van der Waals surface area contributed by atoms with Crippen LogP contribution in [0, 0.1) is 0 Å². The van der Waals surface area contributed by atoms with Crippen LogP contribution < -0.4 is 22.1 Å². The van der Waals surface area contributed by atoms with E-state index in [9.17, 15) is 68.4 Å². The molecular formula is C44H54N8O14S2. The van der Waals surface area contributed by atoms with Crippen LogP contribution in [0.2, 0.25) is 0 Å². The number of phenols is 2. The molecule has 0 saturated carbocycles. The van der Waals surface area contributed by atoms with Crippen LogP contribution in [0.25, 0.3) is 0 Å². The first-order chi connectivity index (χ1) is 31.9. The summed E-state index contributed by atoms with van der Waals surface area (Å²) in [5.41, 5.74) is 11.1. The number of nitrogens with zero attached hydrogens (tertiary/aromatic N) is 4. The number of carbonyl (C=O) groups excluding carboxylic acids is 8. The number of unbranched alkanes of at least 4 members (excludes halogenated alkanes) is 5. The maximum absolute atomic E-state index is 14.3. The van der Waals surface area contributed by atoms with Gasteiger partial charge in [-0.05, 0) is 75.9 Å². The number of β-lactam (4-membered cyclic amide) rings is 2. The zero-order valence-electron chi connectivity index (χ0n) is 37.5. The lowest BCUT2D eigenvalue weighted by atomic mass is 9.94. The van der Waals surface area contributed by atoms with Crippen molar-refractivity contribution in [3.05, 3.63) is 59.7 Å². The van der Waals surface area contributed by atoms with Crippen molar-refractivity contribution in [3.63, 3.8) is 0 Å². The number of carboxylic acid groups (broad SMARTS) is 2. The first kappa shape index (κ1) is 50.8. The van der Waals surface area contributed by atoms with Crippen LogP contribution in [-0.4, -0.2) is 144 Å². The number of hydrogen-bond donors (Lipinski definition) is 8. The minimum absolute atomic E-state index is 0.148. The molecule has 0 aromatic heterocycles. The van der Waals surface area contributed by atoms with Gasteiger partial charge >= 0.3 is 24.0 Å². The summed E-state index contributed by atoms with van der Waals surface area (Å²) < 4.78 is -1.96. The van der Waals surface area contributed by atoms with Crippen LogP contribution >= 0.6 is 23.5 Å². The third-order valence-electron chi connectivity index (χ3n) is 12.4. The fraction of sp³-hybridized carbons (Fsp3) is 0.500. The van der Waals surface area contributed by atoms with E-state index in [4.69, 9.17) is 11.5 Å². The minimum Gasteiger partial charge on any atom is -0.508 e. The molecule has 4 aliphatic heterocycles. The monoisotopic (exact) mass is 982 g/mol. The van der Waals surface area contributed by atoms with Gasteiger partial charge in [0, 0.05) is 22.3 Å². The summed E-state index contributed by atoms with van der Waals surface area (Å²) in [6.45, 7) is 6.56. The molecule has 366 valence electrons. The van der Waals surface area contributed by atoms with Gasteiger partial charge in [-0.2, -0.15) is 0 Å². The second kappa shape index (κ2) is 20.0. The third-order valence-corrected chi connectivity index (χ3v) is 15.5. The molecular weight excluding hydrogens is 929 g/mol. The molecule has 22 nitrogen and oxygen atoms in total. The lowest BCUT2D eigenvalue weighted by Crippen LogP contribution is -2.72. The number of imide groups is 2. The summed E-state index contributed by atoms with van der Waals surface area (Å²) in [5, 5.41) is 42.5. The van der Waals surface area contributed by atoms with Gasteiger partial charge < -0.3 is 52.3 Å². The summed E-state index contributed by atoms with van der Waals surface area (Å²) in [6, 6.07) is -0.184. The van der Waals surface area contributed by atoms with Gasteiger partial charge in [0.25, 0.3) is 23.6 Å². The Morgan fingerprint density at radius 1 is 0.588 bits per heavy atom. The smallest absolute Gasteiger partial charge is 0.327 e. The standard InChI is InChI=1S/C44H54N8O14S2/c1-43(2)31(39(61)62)51-35(59)29(37(51)67-43)49(33(57)27(47-41(45)65)21-13-17-23(53)18-14-21)25(55)11-9-7-5-6-8-10-12-26(56)50(30-36(60)52-32(40(63)64)44(3,4)68-38(30)52)34(58)28(48-42(46)66)22-15-19-24(54)20-16-22/h13-20,27-32,37-38,53-54H,5-12H2,1-4H3,(H,61,62)(H,63,64)(H3,45,47,65)(H3,46,48,66)/t27?,28?,29-,30-,31+,32+,37-,38-/m1/s1. The van der Waals surface area contributed by atoms with Crippen molar-refractivity contribution in [3.8, 4) is 11.5 Å². The zero-order valence-corrected chi connectivity index (χ0v) is 39.2. The first-order valence-corrected chi connectivity index (χ1v) is 23.5. The number of thioether (sulfide) groups is 2. The Kier molecular flexibility index (Phi) is 14.9. The van der Waals surface area contributed by atoms with Crippen LogP contribution in [-0.2, 0) is 38.4 Å². The third kappa shape index (κ3) is 10.0. The van der Waals surface area contributed by atoms with E-state index >= 15 is 0 Å². The van der Waals surface area contributed by atoms with E-state index in [0.717, 1.165) is 43.1 Å². The Morgan fingerprint density at radius 3 is 1.19 bits per heavy atom. The van der Waals surface area contributed by atoms with Crippen molar-refractivity contribution in [2.24, 2.45) is 11.5 Å². The molecule has 0 aliphatic carbocycles. The quantitative estimate of drug-likeness (QED) is 0.0738. The number of fused-ring (bicyclic) bond motifs is 2. The van der Waals surface area contributed by atoms with Crippen LogP contribution in [0.1, 0.15) is 102 Å². The van der Waals surface area contributed by atoms with Crippen molar-refractivity contribution in [2.45, 2.75) is 136 Å². The topological polar surface area (TPSA) is 341 Å². The minimum atomic E-state index is -1.55. The molecule has 4 aliphatic rings. The van der Waals surface area contributed by atoms with E-state index in [-0.39, 0.29) is 48.3 Å². The highest BCUT2D eigenvalue weighted by molar-refractivity contribution is 8.02. The molecule has 0 bridgehead atoms. The molecule has 2 unspecified atom stereocenters. The van der Waals surface area contributed by atoms with E-state index in [0.29, 0.717) is 25.7 Å². The maximum atomic E-state index is 14.3. The average molecular weight is 983 g/mol. The first-order valence-electron chi connectivity index (χ1n) is 21.8. The number of nitrogens with one attached hydrogen (secondary N) is 2. The number of hydrogen-bond acceptors (Lipinski definition) is 14. The highest BCUT2D eigenvalue weighted by Gasteiger charge is 2.68. The number of urea groups is 2. The van der Waals surface area contributed by atoms with Gasteiger partial charge in [0.05, 0.1) is 0 Å². The molecule has 0 radical (unpaired) electrons. The molecule has 4 fully saturated rings. The van der Waals surface area contributed by atoms with Gasteiger partial charge in [-0.3, -0.25) is 38.6 Å². The van der Waals surface area contributed by atoms with E-state index in [1.54, 1.807) is 27.7 Å². The second-order valence-corrected chi connectivity index (χ2v) is 21.5. The Morgan fingerprint density at radius 2 is 0.897 bits per heavy atom. The lowest BCUT2D eigenvalue weighted by molar-refractivity contribution is -0.173. The zero-order chi connectivity index (χ0) is 50.2. The molecule has 24 heteroatoms. The number of phenolic OH excluding ortho intramolecular Hbond substituents is 2. The fourth-order valence-corrected chi connectivity index (χ4v) is 12.6. The SMILES string of the molecule is CC1(C)S[C@@H]2[C@H](N(C(=O)CCCCCCCCC(=O)N(C(=O)C(NC(N)=O)c3ccc(O)cc3)[C@@H]3C(=O)N4[C@@H]3SC(C)(C)[C@@H]4C(=O)O)C(=O)C(NC(N)=O)c3ccc(O)cc3)C(=O)N2[C@H]1C(=O)O. The molecule has 0 spiro atoms. The molecule has 2 aromatic carbocycles. The van der Waals surface area contributed by atoms with Gasteiger partial charge in [0.1, 0.15) is 58.5 Å². The summed E-state index contributed by atoms with van der Waals surface area (Å²) >= 11 is 2.25. The molecule has 6 rings (SSSR count). The van der Waals surface area contributed by atoms with Crippen molar-refractivity contribution in [2.75, 3.05) is 0 Å². The molecule has 10 amide bonds. The normalized spacial score (nSPS) is 23.7. The predicted molar refractivity (Wildman–Crippen MR) is 243 cm³/mol. The number of nitrogens with two attached hydrogens (primary N) is 2. The number of benzene rings is 2. The molecule has 2 aromatic rings. The Hall–Kier alpha value is -6.56. The maximum Gasteiger partial charge on any atom is 0.327 e. The highest BCUT2D eigenvalue weighted by atomic mass is 32.2. The number of carboxylic acids is 2. The lowest BCUT2D eigenvalue weighted by Gasteiger charge is -2.48. The largest absolute Gasteiger partial charge is 0.508 e. The van der Waals surface area contributed by atoms with Gasteiger partial charge in [-0.15, -0.1) is 23.5 Å². The Labute approximate surface area is 398 Å². The van der Waals surface area contributed by atoms with Crippen molar-refractivity contribution in [1.29, 1.82) is 0 Å². The molecule has 4 saturated heterocycles. The van der Waals surface area contributed by atoms with Crippen LogP contribution in [0.4, 0.5) is 9.59 Å². The number of primary amides is 2. The van der Waals surface area contributed by atoms with Crippen LogP contribution in [0.3, 0.4) is 0 Å². The van der Waals surface area contributed by atoms with Gasteiger partial charge in [0.2, 0.25) is 11.8 Å². The summed E-state index contributed by atoms with van der Waals surface area (Å²) in [4.78, 5) is 137. The molecule has 68 heavy (non-hydrogen) atoms. The number of amides is 10. The van der Waals surface area contributed by atoms with Gasteiger partial charge in [-0.1, -0.05) is 49.9 Å².